The van der Waals surface area contributed by atoms with Gasteiger partial charge in [-0.15, -0.1) is 10.2 Å². The van der Waals surface area contributed by atoms with Gasteiger partial charge in [0.25, 0.3) is 5.56 Å². The first kappa shape index (κ1) is 14.7. The normalized spacial score (nSPS) is 10.8. The van der Waals surface area contributed by atoms with Gasteiger partial charge in [0, 0.05) is 5.56 Å². The molecule has 2 rings (SSSR count). The van der Waals surface area contributed by atoms with Gasteiger partial charge >= 0.3 is 0 Å². The van der Waals surface area contributed by atoms with Crippen molar-refractivity contribution < 1.29 is 4.74 Å². The quantitative estimate of drug-likeness (QED) is 0.623. The van der Waals surface area contributed by atoms with Crippen molar-refractivity contribution in [1.82, 2.24) is 15.2 Å². The molecule has 2 aromatic rings. The highest BCUT2D eigenvalue weighted by Gasteiger charge is 2.00. The first-order valence-corrected chi connectivity index (χ1v) is 6.65. The Hall–Kier alpha value is -2.70. The summed E-state index contributed by atoms with van der Waals surface area (Å²) in [5, 5.41) is 11.5. The van der Waals surface area contributed by atoms with Gasteiger partial charge in [0.1, 0.15) is 11.4 Å². The molecule has 110 valence electrons. The highest BCUT2D eigenvalue weighted by molar-refractivity contribution is 5.83. The molecule has 0 radical (unpaired) electrons. The number of nitrogens with one attached hydrogen (secondary N) is 2. The topological polar surface area (TPSA) is 92.3 Å². The van der Waals surface area contributed by atoms with E-state index in [1.165, 1.54) is 0 Å². The number of para-hydroxylation sites is 1. The average molecular weight is 287 g/mol. The highest BCUT2D eigenvalue weighted by Crippen LogP contribution is 2.15. The molecule has 0 amide bonds. The number of ether oxygens (including phenoxy) is 1. The van der Waals surface area contributed by atoms with Crippen molar-refractivity contribution in [2.24, 2.45) is 5.10 Å². The zero-order valence-electron chi connectivity index (χ0n) is 12.0. The standard InChI is InChI=1S/C14H17N5O2/c1-3-8-21-12-7-5-4-6-11(12)9-15-18-14-16-13(20)10(2)17-19-14/h4-7,9H,3,8H2,1-2H3,(H2,16,18,19,20)/b15-9+. The van der Waals surface area contributed by atoms with E-state index in [1.54, 1.807) is 13.1 Å². The molecule has 0 aliphatic rings. The van der Waals surface area contributed by atoms with Crippen LogP contribution in [0.25, 0.3) is 0 Å². The smallest absolute Gasteiger partial charge is 0.274 e. The Morgan fingerprint density at radius 1 is 1.38 bits per heavy atom. The molecule has 7 heteroatoms. The number of hydrogen-bond acceptors (Lipinski definition) is 6. The molecule has 0 saturated heterocycles. The number of H-pyrrole nitrogens is 1. The van der Waals surface area contributed by atoms with Crippen LogP contribution in [0.4, 0.5) is 5.95 Å². The average Bonchev–Trinajstić information content (AvgIpc) is 2.50. The van der Waals surface area contributed by atoms with Crippen molar-refractivity contribution in [3.05, 3.63) is 45.9 Å². The van der Waals surface area contributed by atoms with Gasteiger partial charge in [-0.2, -0.15) is 5.10 Å². The van der Waals surface area contributed by atoms with Gasteiger partial charge in [0.2, 0.25) is 5.95 Å². The lowest BCUT2D eigenvalue weighted by Gasteiger charge is -2.07. The second kappa shape index (κ2) is 7.18. The number of rotatable bonds is 6. The number of aromatic amines is 1. The minimum Gasteiger partial charge on any atom is -0.493 e. The lowest BCUT2D eigenvalue weighted by atomic mass is 10.2. The molecule has 1 heterocycles. The summed E-state index contributed by atoms with van der Waals surface area (Å²) in [7, 11) is 0. The van der Waals surface area contributed by atoms with Crippen LogP contribution in [0, 0.1) is 6.92 Å². The van der Waals surface area contributed by atoms with E-state index in [1.807, 2.05) is 31.2 Å². The van der Waals surface area contributed by atoms with Crippen molar-refractivity contribution >= 4 is 12.2 Å². The Bertz CT molecular complexity index is 681. The Kier molecular flexibility index (Phi) is 5.03. The SMILES string of the molecule is CCCOc1ccccc1/C=N/Nc1nnc(C)c(=O)[nH]1. The third kappa shape index (κ3) is 4.13. The van der Waals surface area contributed by atoms with Crippen LogP contribution in [0.1, 0.15) is 24.6 Å². The van der Waals surface area contributed by atoms with Crippen LogP contribution in [-0.4, -0.2) is 28.0 Å². The first-order chi connectivity index (χ1) is 10.2. The zero-order valence-corrected chi connectivity index (χ0v) is 12.0. The number of nitrogens with zero attached hydrogens (tertiary/aromatic N) is 3. The molecule has 7 nitrogen and oxygen atoms in total. The van der Waals surface area contributed by atoms with E-state index in [9.17, 15) is 4.79 Å². The van der Waals surface area contributed by atoms with Gasteiger partial charge in [-0.3, -0.25) is 9.78 Å². The van der Waals surface area contributed by atoms with Crippen molar-refractivity contribution in [3.63, 3.8) is 0 Å². The van der Waals surface area contributed by atoms with Crippen LogP contribution in [0.3, 0.4) is 0 Å². The van der Waals surface area contributed by atoms with E-state index in [4.69, 9.17) is 4.74 Å². The zero-order chi connectivity index (χ0) is 15.1. The minimum atomic E-state index is -0.297. The number of aryl methyl sites for hydroxylation is 1. The summed E-state index contributed by atoms with van der Waals surface area (Å²) in [6.45, 7) is 4.28. The van der Waals surface area contributed by atoms with Crippen LogP contribution in [-0.2, 0) is 0 Å². The Labute approximate surface area is 122 Å². The summed E-state index contributed by atoms with van der Waals surface area (Å²) in [4.78, 5) is 13.9. The van der Waals surface area contributed by atoms with Gasteiger partial charge in [-0.05, 0) is 25.5 Å². The molecule has 21 heavy (non-hydrogen) atoms. The fourth-order valence-electron chi connectivity index (χ4n) is 1.54. The second-order valence-corrected chi connectivity index (χ2v) is 4.34. The lowest BCUT2D eigenvalue weighted by molar-refractivity contribution is 0.317. The van der Waals surface area contributed by atoms with Crippen molar-refractivity contribution in [1.29, 1.82) is 0 Å². The molecule has 0 aliphatic carbocycles. The number of benzene rings is 1. The predicted octanol–water partition coefficient (Wildman–Crippen LogP) is 1.71. The van der Waals surface area contributed by atoms with Crippen molar-refractivity contribution in [3.8, 4) is 5.75 Å². The molecule has 1 aromatic heterocycles. The van der Waals surface area contributed by atoms with Gasteiger partial charge < -0.3 is 4.74 Å². The molecule has 1 aromatic carbocycles. The monoisotopic (exact) mass is 287 g/mol. The van der Waals surface area contributed by atoms with Crippen LogP contribution in [0.5, 0.6) is 5.75 Å². The van der Waals surface area contributed by atoms with Crippen LogP contribution in [0.15, 0.2) is 34.2 Å². The number of hydrogen-bond donors (Lipinski definition) is 2. The summed E-state index contributed by atoms with van der Waals surface area (Å²) < 4.78 is 5.62. The maximum Gasteiger partial charge on any atom is 0.274 e. The van der Waals surface area contributed by atoms with Gasteiger partial charge in [0.05, 0.1) is 12.8 Å². The Morgan fingerprint density at radius 2 is 2.19 bits per heavy atom. The van der Waals surface area contributed by atoms with Crippen LogP contribution >= 0.6 is 0 Å². The molecule has 0 bridgehead atoms. The molecule has 0 unspecified atom stereocenters. The fraction of sp³-hybridized carbons (Fsp3) is 0.286. The largest absolute Gasteiger partial charge is 0.493 e. The summed E-state index contributed by atoms with van der Waals surface area (Å²) >= 11 is 0. The summed E-state index contributed by atoms with van der Waals surface area (Å²) in [5.74, 6) is 0.946. The third-order valence-corrected chi connectivity index (χ3v) is 2.62. The third-order valence-electron chi connectivity index (χ3n) is 2.62. The number of aromatic nitrogens is 3. The summed E-state index contributed by atoms with van der Waals surface area (Å²) in [5.41, 5.74) is 3.47. The minimum absolute atomic E-state index is 0.189. The predicted molar refractivity (Wildman–Crippen MR) is 80.8 cm³/mol. The summed E-state index contributed by atoms with van der Waals surface area (Å²) in [6.07, 6.45) is 2.54. The Balaban J connectivity index is 2.07. The van der Waals surface area contributed by atoms with E-state index in [0.29, 0.717) is 12.3 Å². The number of anilines is 1. The molecule has 0 saturated carbocycles. The van der Waals surface area contributed by atoms with Gasteiger partial charge in [0.15, 0.2) is 0 Å². The van der Waals surface area contributed by atoms with Gasteiger partial charge in [-0.1, -0.05) is 19.1 Å². The van der Waals surface area contributed by atoms with E-state index < -0.39 is 0 Å². The summed E-state index contributed by atoms with van der Waals surface area (Å²) in [6, 6.07) is 7.57. The maximum absolute atomic E-state index is 11.4. The van der Waals surface area contributed by atoms with Crippen molar-refractivity contribution in [2.75, 3.05) is 12.0 Å². The van der Waals surface area contributed by atoms with Gasteiger partial charge in [-0.25, -0.2) is 5.43 Å². The first-order valence-electron chi connectivity index (χ1n) is 6.65. The highest BCUT2D eigenvalue weighted by atomic mass is 16.5. The van der Waals surface area contributed by atoms with Crippen LogP contribution < -0.4 is 15.7 Å². The molecule has 0 atom stereocenters. The maximum atomic E-state index is 11.4. The van der Waals surface area contributed by atoms with E-state index in [2.05, 4.69) is 25.7 Å². The molecular formula is C14H17N5O2. The van der Waals surface area contributed by atoms with Crippen molar-refractivity contribution in [2.45, 2.75) is 20.3 Å². The molecule has 0 fully saturated rings. The van der Waals surface area contributed by atoms with Crippen LogP contribution in [0.2, 0.25) is 0 Å². The molecule has 0 aliphatic heterocycles. The second-order valence-electron chi connectivity index (χ2n) is 4.34. The molecular weight excluding hydrogens is 270 g/mol. The number of hydrazone groups is 1. The van der Waals surface area contributed by atoms with E-state index >= 15 is 0 Å². The Morgan fingerprint density at radius 3 is 2.95 bits per heavy atom. The fourth-order valence-corrected chi connectivity index (χ4v) is 1.54. The molecule has 2 N–H and O–H groups in total. The van der Waals surface area contributed by atoms with E-state index in [-0.39, 0.29) is 11.5 Å². The lowest BCUT2D eigenvalue weighted by Crippen LogP contribution is -2.15. The van der Waals surface area contributed by atoms with E-state index in [0.717, 1.165) is 17.7 Å². The molecule has 0 spiro atoms.